The van der Waals surface area contributed by atoms with Crippen molar-refractivity contribution in [2.24, 2.45) is 0 Å². The molecule has 0 bridgehead atoms. The number of hydrogen-bond acceptors (Lipinski definition) is 7. The molecule has 1 rings (SSSR count). The van der Waals surface area contributed by atoms with E-state index in [9.17, 15) is 9.90 Å². The van der Waals surface area contributed by atoms with Gasteiger partial charge in [0.05, 0.1) is 46.2 Å². The molecule has 1 aromatic carbocycles. The van der Waals surface area contributed by atoms with Crippen LogP contribution >= 0.6 is 0 Å². The van der Waals surface area contributed by atoms with Gasteiger partial charge in [0, 0.05) is 11.6 Å². The van der Waals surface area contributed by atoms with Crippen LogP contribution in [-0.4, -0.2) is 62.4 Å². The first-order valence-electron chi connectivity index (χ1n) is 12.1. The van der Waals surface area contributed by atoms with Gasteiger partial charge in [0.15, 0.2) is 0 Å². The van der Waals surface area contributed by atoms with E-state index in [4.69, 9.17) is 24.1 Å². The van der Waals surface area contributed by atoms with Crippen LogP contribution in [0.15, 0.2) is 30.9 Å². The van der Waals surface area contributed by atoms with Gasteiger partial charge in [-0.15, -0.1) is 0 Å². The summed E-state index contributed by atoms with van der Waals surface area (Å²) in [6, 6.07) is 5.57. The Bertz CT molecular complexity index is 648. The Balaban J connectivity index is 2.71. The molecular formula is C26H42O7. The van der Waals surface area contributed by atoms with Crippen molar-refractivity contribution >= 4 is 5.97 Å². The molecule has 0 heterocycles. The molecule has 1 aromatic rings. The Morgan fingerprint density at radius 1 is 0.970 bits per heavy atom. The monoisotopic (exact) mass is 466 g/mol. The van der Waals surface area contributed by atoms with Crippen molar-refractivity contribution in [2.45, 2.75) is 64.4 Å². The average molecular weight is 467 g/mol. The largest absolute Gasteiger partial charge is 0.423 e. The predicted molar refractivity (Wildman–Crippen MR) is 128 cm³/mol. The smallest absolute Gasteiger partial charge is 0.335 e. The number of carbonyl (C=O) groups is 1. The van der Waals surface area contributed by atoms with E-state index in [1.54, 1.807) is 6.07 Å². The van der Waals surface area contributed by atoms with Gasteiger partial charge in [-0.25, -0.2) is 4.79 Å². The van der Waals surface area contributed by atoms with Crippen LogP contribution in [0.1, 0.15) is 69.1 Å². The Morgan fingerprint density at radius 3 is 2.30 bits per heavy atom. The fourth-order valence-electron chi connectivity index (χ4n) is 3.55. The molecule has 0 saturated heterocycles. The van der Waals surface area contributed by atoms with Crippen LogP contribution in [-0.2, 0) is 25.4 Å². The molecule has 0 aliphatic carbocycles. The fourth-order valence-corrected chi connectivity index (χ4v) is 3.55. The lowest BCUT2D eigenvalue weighted by Crippen LogP contribution is -2.18. The number of carbonyl (C=O) groups excluding carboxylic acids is 1. The number of rotatable bonds is 21. The van der Waals surface area contributed by atoms with Crippen molar-refractivity contribution in [1.82, 2.24) is 0 Å². The minimum absolute atomic E-state index is 0.0156. The minimum atomic E-state index is -0.632. The summed E-state index contributed by atoms with van der Waals surface area (Å²) in [5.41, 5.74) is 1.71. The number of aliphatic hydroxyl groups is 2. The predicted octanol–water partition coefficient (Wildman–Crippen LogP) is 4.15. The number of benzene rings is 1. The summed E-state index contributed by atoms with van der Waals surface area (Å²) in [5.74, 6) is -0.162. The second-order valence-corrected chi connectivity index (χ2v) is 7.82. The first-order valence-corrected chi connectivity index (χ1v) is 12.1. The third kappa shape index (κ3) is 12.9. The molecule has 1 unspecified atom stereocenters. The normalized spacial score (nSPS) is 12.0. The minimum Gasteiger partial charge on any atom is -0.423 e. The van der Waals surface area contributed by atoms with Gasteiger partial charge >= 0.3 is 5.97 Å². The lowest BCUT2D eigenvalue weighted by molar-refractivity contribution is -0.129. The van der Waals surface area contributed by atoms with Gasteiger partial charge in [-0.1, -0.05) is 64.2 Å². The van der Waals surface area contributed by atoms with Gasteiger partial charge in [0.25, 0.3) is 0 Å². The van der Waals surface area contributed by atoms with Crippen LogP contribution in [0, 0.1) is 0 Å². The van der Waals surface area contributed by atoms with Gasteiger partial charge < -0.3 is 29.2 Å². The Morgan fingerprint density at radius 2 is 1.64 bits per heavy atom. The quantitative estimate of drug-likeness (QED) is 0.122. The maximum atomic E-state index is 11.9. The van der Waals surface area contributed by atoms with Gasteiger partial charge in [-0.05, 0) is 24.5 Å². The summed E-state index contributed by atoms with van der Waals surface area (Å²) >= 11 is 0. The molecule has 7 nitrogen and oxygen atoms in total. The van der Waals surface area contributed by atoms with Crippen LogP contribution in [0.5, 0.6) is 5.75 Å². The van der Waals surface area contributed by atoms with Gasteiger partial charge in [0.2, 0.25) is 0 Å². The number of esters is 1. The summed E-state index contributed by atoms with van der Waals surface area (Å²) < 4.78 is 22.0. The van der Waals surface area contributed by atoms with Gasteiger partial charge in [-0.3, -0.25) is 0 Å². The van der Waals surface area contributed by atoms with Gasteiger partial charge in [0.1, 0.15) is 11.9 Å². The third-order valence-corrected chi connectivity index (χ3v) is 5.23. The number of unbranched alkanes of at least 4 members (excludes halogenated alkanes) is 6. The van der Waals surface area contributed by atoms with E-state index in [1.165, 1.54) is 32.1 Å². The fraction of sp³-hybridized carbons (Fsp3) is 0.654. The van der Waals surface area contributed by atoms with E-state index in [2.05, 4.69) is 13.5 Å². The van der Waals surface area contributed by atoms with Crippen LogP contribution in [0.4, 0.5) is 0 Å². The topological polar surface area (TPSA) is 94.5 Å². The van der Waals surface area contributed by atoms with Crippen molar-refractivity contribution in [3.05, 3.63) is 42.0 Å². The van der Waals surface area contributed by atoms with Gasteiger partial charge in [-0.2, -0.15) is 0 Å². The van der Waals surface area contributed by atoms with E-state index in [-0.39, 0.29) is 26.4 Å². The van der Waals surface area contributed by atoms with Crippen molar-refractivity contribution in [3.63, 3.8) is 0 Å². The van der Waals surface area contributed by atoms with Crippen LogP contribution in [0.25, 0.3) is 0 Å². The zero-order valence-corrected chi connectivity index (χ0v) is 20.1. The Hall–Kier alpha value is -1.77. The number of hydrogen-bond donors (Lipinski definition) is 2. The highest BCUT2D eigenvalue weighted by molar-refractivity contribution is 5.83. The summed E-state index contributed by atoms with van der Waals surface area (Å²) in [6.45, 7) is 7.10. The Kier molecular flexibility index (Phi) is 17.4. The van der Waals surface area contributed by atoms with Crippen molar-refractivity contribution in [1.29, 1.82) is 0 Å². The van der Waals surface area contributed by atoms with E-state index in [0.717, 1.165) is 30.9 Å². The second-order valence-electron chi connectivity index (χ2n) is 7.82. The molecule has 0 saturated carbocycles. The highest BCUT2D eigenvalue weighted by Gasteiger charge is 2.21. The molecule has 0 radical (unpaired) electrons. The molecule has 188 valence electrons. The molecule has 0 aliphatic rings. The SMILES string of the molecule is C=CC(=O)Oc1cccc(CCCCCCCCC)c1C(CO)OCCOCCOCCO. The first-order chi connectivity index (χ1) is 16.2. The number of aryl methyl sites for hydroxylation is 1. The molecule has 1 atom stereocenters. The molecule has 0 aliphatic heterocycles. The summed E-state index contributed by atoms with van der Waals surface area (Å²) in [4.78, 5) is 11.9. The molecule has 0 spiro atoms. The molecule has 2 N–H and O–H groups in total. The first kappa shape index (κ1) is 29.3. The molecular weight excluding hydrogens is 424 g/mol. The van der Waals surface area contributed by atoms with Crippen molar-refractivity contribution in [3.8, 4) is 5.75 Å². The van der Waals surface area contributed by atoms with E-state index >= 15 is 0 Å². The van der Waals surface area contributed by atoms with E-state index < -0.39 is 12.1 Å². The zero-order chi connectivity index (χ0) is 24.2. The van der Waals surface area contributed by atoms with Crippen LogP contribution in [0.2, 0.25) is 0 Å². The average Bonchev–Trinajstić information content (AvgIpc) is 2.83. The Labute approximate surface area is 198 Å². The number of aliphatic hydroxyl groups excluding tert-OH is 2. The summed E-state index contributed by atoms with van der Waals surface area (Å²) in [5, 5.41) is 18.7. The standard InChI is InChI=1S/C26H42O7/c1-3-5-6-7-8-9-10-12-22-13-11-14-23(33-25(29)4-2)26(22)24(21-28)32-20-19-31-18-17-30-16-15-27/h4,11,13-14,24,27-28H,2-3,5-10,12,15-21H2,1H3. The summed E-state index contributed by atoms with van der Waals surface area (Å²) in [7, 11) is 0. The maximum Gasteiger partial charge on any atom is 0.335 e. The second kappa shape index (κ2) is 19.7. The summed E-state index contributed by atoms with van der Waals surface area (Å²) in [6.07, 6.45) is 9.74. The third-order valence-electron chi connectivity index (χ3n) is 5.23. The van der Waals surface area contributed by atoms with Crippen LogP contribution < -0.4 is 4.74 Å². The maximum absolute atomic E-state index is 11.9. The van der Waals surface area contributed by atoms with Crippen molar-refractivity contribution in [2.75, 3.05) is 46.2 Å². The number of ether oxygens (including phenoxy) is 4. The molecule has 0 amide bonds. The molecule has 0 fully saturated rings. The highest BCUT2D eigenvalue weighted by atomic mass is 16.6. The van der Waals surface area contributed by atoms with Crippen LogP contribution in [0.3, 0.4) is 0 Å². The molecule has 0 aromatic heterocycles. The molecule has 33 heavy (non-hydrogen) atoms. The highest BCUT2D eigenvalue weighted by Crippen LogP contribution is 2.32. The van der Waals surface area contributed by atoms with E-state index in [1.807, 2.05) is 12.1 Å². The van der Waals surface area contributed by atoms with Crippen molar-refractivity contribution < 1.29 is 34.0 Å². The lowest BCUT2D eigenvalue weighted by atomic mass is 9.96. The van der Waals surface area contributed by atoms with E-state index in [0.29, 0.717) is 31.1 Å². The lowest BCUT2D eigenvalue weighted by Gasteiger charge is -2.22. The zero-order valence-electron chi connectivity index (χ0n) is 20.1. The molecule has 7 heteroatoms.